The zero-order chi connectivity index (χ0) is 13.2. The van der Waals surface area contributed by atoms with E-state index in [1.165, 1.54) is 0 Å². The van der Waals surface area contributed by atoms with E-state index in [2.05, 4.69) is 9.97 Å². The molecule has 2 N–H and O–H groups in total. The molecule has 1 atom stereocenters. The first-order valence-electron chi connectivity index (χ1n) is 5.39. The minimum absolute atomic E-state index is 0.0539. The molecule has 1 aromatic rings. The van der Waals surface area contributed by atoms with Crippen LogP contribution in [0.15, 0.2) is 0 Å². The summed E-state index contributed by atoms with van der Waals surface area (Å²) in [5.74, 6) is 0.326. The van der Waals surface area contributed by atoms with Crippen molar-refractivity contribution in [3.63, 3.8) is 0 Å². The van der Waals surface area contributed by atoms with Crippen LogP contribution in [0.2, 0.25) is 0 Å². The van der Waals surface area contributed by atoms with Crippen LogP contribution >= 0.6 is 0 Å². The van der Waals surface area contributed by atoms with E-state index in [-0.39, 0.29) is 29.2 Å². The summed E-state index contributed by atoms with van der Waals surface area (Å²) in [6, 6.07) is 0.141. The van der Waals surface area contributed by atoms with Gasteiger partial charge in [-0.25, -0.2) is 4.98 Å². The molecule has 0 radical (unpaired) electrons. The second-order valence-electron chi connectivity index (χ2n) is 3.96. The number of aryl methyl sites for hydroxylation is 1. The lowest BCUT2D eigenvalue weighted by molar-refractivity contribution is -0.385. The van der Waals surface area contributed by atoms with Gasteiger partial charge < -0.3 is 10.6 Å². The normalized spacial score (nSPS) is 12.2. The van der Waals surface area contributed by atoms with Crippen molar-refractivity contribution < 1.29 is 4.92 Å². The standard InChI is InChI=1S/C10H17N5O2/c1-5-6(2)14(4)9-8(15(16)17)7(3)12-10(11)13-9/h6H,5H2,1-4H3,(H2,11,12,13). The van der Waals surface area contributed by atoms with Crippen LogP contribution in [-0.4, -0.2) is 28.0 Å². The molecular formula is C10H17N5O2. The van der Waals surface area contributed by atoms with Crippen molar-refractivity contribution in [3.8, 4) is 0 Å². The van der Waals surface area contributed by atoms with E-state index in [0.717, 1.165) is 6.42 Å². The SMILES string of the molecule is CCC(C)N(C)c1nc(N)nc(C)c1[N+](=O)[O-]. The van der Waals surface area contributed by atoms with Crippen molar-refractivity contribution >= 4 is 17.5 Å². The van der Waals surface area contributed by atoms with Crippen LogP contribution in [0.1, 0.15) is 26.0 Å². The Hall–Kier alpha value is -1.92. The molecule has 0 fully saturated rings. The molecule has 0 aliphatic carbocycles. The van der Waals surface area contributed by atoms with E-state index in [1.807, 2.05) is 13.8 Å². The van der Waals surface area contributed by atoms with E-state index in [9.17, 15) is 10.1 Å². The van der Waals surface area contributed by atoms with Crippen LogP contribution in [0.25, 0.3) is 0 Å². The number of rotatable bonds is 4. The summed E-state index contributed by atoms with van der Waals surface area (Å²) in [7, 11) is 1.77. The third-order valence-electron chi connectivity index (χ3n) is 2.83. The molecule has 1 unspecified atom stereocenters. The van der Waals surface area contributed by atoms with Crippen LogP contribution < -0.4 is 10.6 Å². The van der Waals surface area contributed by atoms with Gasteiger partial charge in [0.1, 0.15) is 5.69 Å². The topological polar surface area (TPSA) is 98.2 Å². The molecule has 1 heterocycles. The smallest absolute Gasteiger partial charge is 0.332 e. The zero-order valence-electron chi connectivity index (χ0n) is 10.5. The average molecular weight is 239 g/mol. The quantitative estimate of drug-likeness (QED) is 0.631. The summed E-state index contributed by atoms with van der Waals surface area (Å²) in [6.07, 6.45) is 0.858. The zero-order valence-corrected chi connectivity index (χ0v) is 10.5. The lowest BCUT2D eigenvalue weighted by Crippen LogP contribution is -2.30. The second kappa shape index (κ2) is 4.94. The monoisotopic (exact) mass is 239 g/mol. The minimum Gasteiger partial charge on any atom is -0.368 e. The summed E-state index contributed by atoms with van der Waals surface area (Å²) in [6.45, 7) is 5.53. The second-order valence-corrected chi connectivity index (χ2v) is 3.96. The Balaban J connectivity index is 3.35. The molecular weight excluding hydrogens is 222 g/mol. The molecule has 0 bridgehead atoms. The maximum atomic E-state index is 11.0. The van der Waals surface area contributed by atoms with Crippen LogP contribution in [0.5, 0.6) is 0 Å². The van der Waals surface area contributed by atoms with Crippen LogP contribution in [-0.2, 0) is 0 Å². The van der Waals surface area contributed by atoms with Crippen molar-refractivity contribution in [2.75, 3.05) is 17.7 Å². The first-order valence-corrected chi connectivity index (χ1v) is 5.39. The Morgan fingerprint density at radius 3 is 2.59 bits per heavy atom. The number of nitro groups is 1. The van der Waals surface area contributed by atoms with Gasteiger partial charge in [-0.3, -0.25) is 10.1 Å². The van der Waals surface area contributed by atoms with Crippen molar-refractivity contribution in [3.05, 3.63) is 15.8 Å². The summed E-state index contributed by atoms with van der Waals surface area (Å²) in [5, 5.41) is 11.0. The third-order valence-corrected chi connectivity index (χ3v) is 2.83. The average Bonchev–Trinajstić information content (AvgIpc) is 2.25. The maximum absolute atomic E-state index is 11.0. The molecule has 0 amide bonds. The highest BCUT2D eigenvalue weighted by atomic mass is 16.6. The molecule has 0 saturated heterocycles. The molecule has 0 spiro atoms. The van der Waals surface area contributed by atoms with Crippen LogP contribution in [0, 0.1) is 17.0 Å². The van der Waals surface area contributed by atoms with Gasteiger partial charge in [0.05, 0.1) is 4.92 Å². The van der Waals surface area contributed by atoms with Gasteiger partial charge in [0.25, 0.3) is 0 Å². The molecule has 0 aliphatic heterocycles. The Morgan fingerprint density at radius 2 is 2.12 bits per heavy atom. The Morgan fingerprint density at radius 1 is 1.53 bits per heavy atom. The van der Waals surface area contributed by atoms with E-state index in [1.54, 1.807) is 18.9 Å². The fourth-order valence-electron chi connectivity index (χ4n) is 1.52. The van der Waals surface area contributed by atoms with Gasteiger partial charge in [0.2, 0.25) is 11.8 Å². The highest BCUT2D eigenvalue weighted by Crippen LogP contribution is 2.29. The summed E-state index contributed by atoms with van der Waals surface area (Å²) < 4.78 is 0. The summed E-state index contributed by atoms with van der Waals surface area (Å²) in [5.41, 5.74) is 5.74. The fraction of sp³-hybridized carbons (Fsp3) is 0.600. The molecule has 17 heavy (non-hydrogen) atoms. The molecule has 1 rings (SSSR count). The maximum Gasteiger partial charge on any atom is 0.332 e. The van der Waals surface area contributed by atoms with Gasteiger partial charge in [0, 0.05) is 13.1 Å². The highest BCUT2D eigenvalue weighted by molar-refractivity contribution is 5.61. The lowest BCUT2D eigenvalue weighted by atomic mass is 10.2. The van der Waals surface area contributed by atoms with E-state index in [4.69, 9.17) is 5.73 Å². The fourth-order valence-corrected chi connectivity index (χ4v) is 1.52. The number of aromatic nitrogens is 2. The Bertz CT molecular complexity index is 435. The molecule has 94 valence electrons. The molecule has 7 heteroatoms. The number of hydrogen-bond donors (Lipinski definition) is 1. The van der Waals surface area contributed by atoms with E-state index in [0.29, 0.717) is 0 Å². The van der Waals surface area contributed by atoms with Crippen molar-refractivity contribution in [1.29, 1.82) is 0 Å². The highest BCUT2D eigenvalue weighted by Gasteiger charge is 2.25. The van der Waals surface area contributed by atoms with Gasteiger partial charge in [-0.2, -0.15) is 4.98 Å². The van der Waals surface area contributed by atoms with Gasteiger partial charge >= 0.3 is 5.69 Å². The van der Waals surface area contributed by atoms with E-state index >= 15 is 0 Å². The first-order chi connectivity index (χ1) is 7.88. The third kappa shape index (κ3) is 2.61. The van der Waals surface area contributed by atoms with Gasteiger partial charge in [-0.1, -0.05) is 6.92 Å². The number of nitrogen functional groups attached to an aromatic ring is 1. The van der Waals surface area contributed by atoms with Crippen molar-refractivity contribution in [2.45, 2.75) is 33.2 Å². The summed E-state index contributed by atoms with van der Waals surface area (Å²) in [4.78, 5) is 20.1. The van der Waals surface area contributed by atoms with E-state index < -0.39 is 4.92 Å². The van der Waals surface area contributed by atoms with Crippen molar-refractivity contribution in [2.24, 2.45) is 0 Å². The Labute approximate surface area is 99.8 Å². The molecule has 7 nitrogen and oxygen atoms in total. The number of nitrogens with two attached hydrogens (primary N) is 1. The molecule has 0 aromatic carbocycles. The largest absolute Gasteiger partial charge is 0.368 e. The predicted octanol–water partition coefficient (Wildman–Crippen LogP) is 1.51. The van der Waals surface area contributed by atoms with Gasteiger partial charge in [-0.15, -0.1) is 0 Å². The molecule has 1 aromatic heterocycles. The van der Waals surface area contributed by atoms with Crippen LogP contribution in [0.4, 0.5) is 17.5 Å². The molecule has 0 saturated carbocycles. The van der Waals surface area contributed by atoms with Crippen molar-refractivity contribution in [1.82, 2.24) is 9.97 Å². The minimum atomic E-state index is -0.469. The number of anilines is 2. The Kier molecular flexibility index (Phi) is 3.82. The predicted molar refractivity (Wildman–Crippen MR) is 66.0 cm³/mol. The molecule has 0 aliphatic rings. The van der Waals surface area contributed by atoms with Crippen LogP contribution in [0.3, 0.4) is 0 Å². The lowest BCUT2D eigenvalue weighted by Gasteiger charge is -2.24. The summed E-state index contributed by atoms with van der Waals surface area (Å²) >= 11 is 0. The first kappa shape index (κ1) is 13.1. The number of hydrogen-bond acceptors (Lipinski definition) is 6. The van der Waals surface area contributed by atoms with Gasteiger partial charge in [0.15, 0.2) is 0 Å². The number of nitrogens with zero attached hydrogens (tertiary/aromatic N) is 4. The van der Waals surface area contributed by atoms with Gasteiger partial charge in [-0.05, 0) is 20.3 Å².